The van der Waals surface area contributed by atoms with Gasteiger partial charge in [0, 0.05) is 45.7 Å². The van der Waals surface area contributed by atoms with Gasteiger partial charge in [-0.15, -0.1) is 6.82 Å². The summed E-state index contributed by atoms with van der Waals surface area (Å²) in [6.07, 6.45) is 5.55. The maximum atomic E-state index is 5.55. The van der Waals surface area contributed by atoms with Crippen LogP contribution in [0.25, 0.3) is 12.2 Å². The molecule has 2 aromatic rings. The van der Waals surface area contributed by atoms with Gasteiger partial charge in [0.05, 0.1) is 20.2 Å². The Kier molecular flexibility index (Phi) is 39.8. The molecule has 1 nitrogen and oxygen atoms in total. The van der Waals surface area contributed by atoms with Crippen LogP contribution in [0.2, 0.25) is 6.82 Å². The normalized spacial score (nSPS) is 8.38. The van der Waals surface area contributed by atoms with E-state index in [0.29, 0.717) is 12.9 Å². The van der Waals surface area contributed by atoms with E-state index in [4.69, 9.17) is 38.7 Å². The minimum atomic E-state index is -0.315. The van der Waals surface area contributed by atoms with E-state index in [9.17, 15) is 0 Å². The SMILES string of the molecule is C(=Cc1ccccc1)c1ccccc1.CC.CC.CC.[B][B]B([B])CN(C)CB([B])[B].[B][B]C. The summed E-state index contributed by atoms with van der Waals surface area (Å²) in [5.74, 6) is 0. The van der Waals surface area contributed by atoms with Crippen molar-refractivity contribution in [3.63, 3.8) is 0 Å². The molecule has 0 saturated carbocycles. The topological polar surface area (TPSA) is 3.24 Å². The van der Waals surface area contributed by atoms with Crippen LogP contribution in [0, 0.1) is 0 Å². The largest absolute Gasteiger partial charge is 0.324 e. The Morgan fingerprint density at radius 1 is 0.706 bits per heavy atom. The standard InChI is InChI=1S/C14H12.C3H7B7N.3C2H6.CH3B2/c1-3-7-13(8-4-1)11-12-14-9-5-2-6-10-14;1-11(2-9(5)6)3-10(7)8-4;3*1-2;1-3-2/h1-12H;2-3H2,1H3;3*1-2H3;1H3. The Morgan fingerprint density at radius 2 is 1.03 bits per heavy atom. The highest BCUT2D eigenvalue weighted by Crippen LogP contribution is 2.06. The molecule has 0 aliphatic heterocycles. The van der Waals surface area contributed by atoms with Crippen molar-refractivity contribution in [3.05, 3.63) is 71.8 Å². The van der Waals surface area contributed by atoms with Crippen LogP contribution in [-0.2, 0) is 0 Å². The summed E-state index contributed by atoms with van der Waals surface area (Å²) >= 11 is 0. The van der Waals surface area contributed by atoms with Gasteiger partial charge in [0.25, 0.3) is 0 Å². The predicted molar refractivity (Wildman–Crippen MR) is 171 cm³/mol. The number of nitrogens with zero attached hydrogens (tertiary/aromatic N) is 1. The second-order valence-corrected chi connectivity index (χ2v) is 6.23. The average Bonchev–Trinajstić information content (AvgIpc) is 2.88. The summed E-state index contributed by atoms with van der Waals surface area (Å²) in [4.78, 5) is 1.94. The maximum absolute atomic E-state index is 5.55. The molecule has 0 aromatic heterocycles. The fraction of sp³-hybridized carbons (Fsp3) is 0.417. The molecule has 0 atom stereocenters. The summed E-state index contributed by atoms with van der Waals surface area (Å²) in [6, 6.07) is 20.6. The molecule has 0 spiro atoms. The molecule has 0 aliphatic carbocycles. The van der Waals surface area contributed by atoms with Gasteiger partial charge < -0.3 is 4.90 Å². The van der Waals surface area contributed by atoms with Crippen LogP contribution in [0.5, 0.6) is 0 Å². The van der Waals surface area contributed by atoms with Crippen LogP contribution in [-0.4, -0.2) is 90.7 Å². The molecule has 0 bridgehead atoms. The quantitative estimate of drug-likeness (QED) is 0.465. The first-order valence-electron chi connectivity index (χ1n) is 12.2. The fourth-order valence-electron chi connectivity index (χ4n) is 2.18. The molecule has 0 aliphatic rings. The Labute approximate surface area is 222 Å². The summed E-state index contributed by atoms with van der Waals surface area (Å²) in [5, 5.41) is 0. The van der Waals surface area contributed by atoms with Gasteiger partial charge in [0.1, 0.15) is 0 Å². The summed E-state index contributed by atoms with van der Waals surface area (Å²) in [7, 11) is 31.1. The van der Waals surface area contributed by atoms with Crippen molar-refractivity contribution in [3.8, 4) is 0 Å². The third-order valence-corrected chi connectivity index (χ3v) is 3.36. The van der Waals surface area contributed by atoms with E-state index >= 15 is 0 Å². The summed E-state index contributed by atoms with van der Waals surface area (Å²) < 4.78 is 0. The van der Waals surface area contributed by atoms with Gasteiger partial charge in [-0.05, 0) is 31.1 Å². The molecule has 168 valence electrons. The Balaban J connectivity index is -0.000000201. The Bertz CT molecular complexity index is 573. The van der Waals surface area contributed by atoms with Gasteiger partial charge in [0.2, 0.25) is 0 Å². The monoisotopic (exact) mass is 441 g/mol. The summed E-state index contributed by atoms with van der Waals surface area (Å²) in [5.41, 5.74) is 2.47. The highest BCUT2D eigenvalue weighted by atomic mass is 15.1. The number of hydrogen-bond acceptors (Lipinski definition) is 1. The Hall–Kier alpha value is -1.28. The fourth-order valence-corrected chi connectivity index (χ4v) is 2.18. The minimum absolute atomic E-state index is 0.112. The lowest BCUT2D eigenvalue weighted by Crippen LogP contribution is -2.43. The van der Waals surface area contributed by atoms with Gasteiger partial charge in [-0.25, -0.2) is 0 Å². The first-order valence-corrected chi connectivity index (χ1v) is 12.2. The minimum Gasteiger partial charge on any atom is -0.324 e. The average molecular weight is 440 g/mol. The molecular formula is C24H40B9N. The van der Waals surface area contributed by atoms with Crippen molar-refractivity contribution in [1.29, 1.82) is 0 Å². The maximum Gasteiger partial charge on any atom is 0.0628 e. The van der Waals surface area contributed by atoms with Crippen molar-refractivity contribution < 1.29 is 0 Å². The van der Waals surface area contributed by atoms with Crippen LogP contribution in [0.1, 0.15) is 52.7 Å². The molecule has 0 N–H and O–H groups in total. The molecule has 34 heavy (non-hydrogen) atoms. The molecule has 12 radical (unpaired) electrons. The zero-order valence-corrected chi connectivity index (χ0v) is 23.0. The molecule has 0 heterocycles. The van der Waals surface area contributed by atoms with Crippen LogP contribution >= 0.6 is 0 Å². The van der Waals surface area contributed by atoms with Crippen molar-refractivity contribution in [2.75, 3.05) is 19.9 Å². The van der Waals surface area contributed by atoms with Gasteiger partial charge >= 0.3 is 0 Å². The van der Waals surface area contributed by atoms with Gasteiger partial charge in [-0.3, -0.25) is 0 Å². The van der Waals surface area contributed by atoms with Crippen molar-refractivity contribution in [1.82, 2.24) is 4.90 Å². The highest BCUT2D eigenvalue weighted by Gasteiger charge is 2.07. The Morgan fingerprint density at radius 3 is 1.29 bits per heavy atom. The van der Waals surface area contributed by atoms with Crippen LogP contribution in [0.4, 0.5) is 0 Å². The highest BCUT2D eigenvalue weighted by molar-refractivity contribution is 7.46. The lowest BCUT2D eigenvalue weighted by atomic mass is 9.05. The van der Waals surface area contributed by atoms with E-state index in [1.54, 1.807) is 6.82 Å². The van der Waals surface area contributed by atoms with E-state index in [0.717, 1.165) is 0 Å². The summed E-state index contributed by atoms with van der Waals surface area (Å²) in [6.45, 7) is 13.4. The van der Waals surface area contributed by atoms with Crippen molar-refractivity contribution in [2.24, 2.45) is 0 Å². The van der Waals surface area contributed by atoms with Crippen LogP contribution in [0.15, 0.2) is 60.7 Å². The molecule has 0 fully saturated rings. The van der Waals surface area contributed by atoms with E-state index in [-0.39, 0.29) is 13.0 Å². The number of rotatable bonds is 7. The van der Waals surface area contributed by atoms with Crippen LogP contribution < -0.4 is 0 Å². The number of benzene rings is 2. The second kappa shape index (κ2) is 33.9. The first kappa shape index (κ1) is 39.9. The molecule has 2 aromatic carbocycles. The van der Waals surface area contributed by atoms with E-state index in [1.165, 1.54) is 25.4 Å². The van der Waals surface area contributed by atoms with Gasteiger partial charge in [-0.2, -0.15) is 0 Å². The number of hydrogen-bond donors (Lipinski definition) is 0. The van der Waals surface area contributed by atoms with E-state index in [1.807, 2.05) is 89.9 Å². The van der Waals surface area contributed by atoms with Crippen molar-refractivity contribution in [2.45, 2.75) is 48.4 Å². The molecular weight excluding hydrogens is 400 g/mol. The van der Waals surface area contributed by atoms with Gasteiger partial charge in [-0.1, -0.05) is 114 Å². The molecule has 0 unspecified atom stereocenters. The van der Waals surface area contributed by atoms with Gasteiger partial charge in [0.15, 0.2) is 0 Å². The zero-order valence-electron chi connectivity index (χ0n) is 23.0. The molecule has 0 amide bonds. The smallest absolute Gasteiger partial charge is 0.0628 e. The predicted octanol–water partition coefficient (Wildman–Crippen LogP) is 4.02. The zero-order chi connectivity index (χ0) is 27.2. The third-order valence-electron chi connectivity index (χ3n) is 3.36. The third kappa shape index (κ3) is 30.7. The second-order valence-electron chi connectivity index (χ2n) is 6.23. The van der Waals surface area contributed by atoms with Crippen molar-refractivity contribution >= 4 is 78.1 Å². The molecule has 10 heteroatoms. The van der Waals surface area contributed by atoms with E-state index in [2.05, 4.69) is 36.4 Å². The lowest BCUT2D eigenvalue weighted by molar-refractivity contribution is 0.452. The first-order chi connectivity index (χ1) is 16.4. The molecule has 0 saturated heterocycles. The lowest BCUT2D eigenvalue weighted by Gasteiger charge is -2.21. The molecule has 2 rings (SSSR count). The van der Waals surface area contributed by atoms with E-state index < -0.39 is 0 Å². The van der Waals surface area contributed by atoms with Crippen LogP contribution in [0.3, 0.4) is 0 Å².